The monoisotopic (exact) mass is 444 g/mol. The van der Waals surface area contributed by atoms with E-state index >= 15 is 0 Å². The van der Waals surface area contributed by atoms with Gasteiger partial charge in [-0.15, -0.1) is 0 Å². The van der Waals surface area contributed by atoms with Crippen LogP contribution < -0.4 is 15.0 Å². The number of carbonyl (C=O) groups is 3. The normalized spacial score (nSPS) is 15.7. The number of anilines is 2. The van der Waals surface area contributed by atoms with Gasteiger partial charge in [-0.3, -0.25) is 9.69 Å². The lowest BCUT2D eigenvalue weighted by atomic mass is 10.1. The van der Waals surface area contributed by atoms with E-state index in [1.165, 1.54) is 19.1 Å². The lowest BCUT2D eigenvalue weighted by Gasteiger charge is -2.24. The summed E-state index contributed by atoms with van der Waals surface area (Å²) in [5.74, 6) is -1.54. The molecule has 0 radical (unpaired) electrons. The van der Waals surface area contributed by atoms with E-state index in [1.54, 1.807) is 55.5 Å². The van der Waals surface area contributed by atoms with E-state index in [0.717, 1.165) is 0 Å². The van der Waals surface area contributed by atoms with Crippen molar-refractivity contribution >= 4 is 40.8 Å². The average Bonchev–Trinajstić information content (AvgIpc) is 3.06. The van der Waals surface area contributed by atoms with E-state index in [1.807, 2.05) is 0 Å². The molecule has 1 unspecified atom stereocenters. The molecule has 8 nitrogen and oxygen atoms in total. The highest BCUT2D eigenvalue weighted by molar-refractivity contribution is 6.30. The summed E-state index contributed by atoms with van der Waals surface area (Å²) < 4.78 is 15.2. The number of ether oxygens (including phenoxy) is 3. The Morgan fingerprint density at radius 1 is 1.06 bits per heavy atom. The Morgan fingerprint density at radius 2 is 1.71 bits per heavy atom. The number of benzene rings is 2. The van der Waals surface area contributed by atoms with E-state index in [2.05, 4.69) is 5.32 Å². The van der Waals surface area contributed by atoms with Crippen LogP contribution in [-0.2, 0) is 23.9 Å². The Hall–Kier alpha value is -3.52. The molecule has 0 aliphatic carbocycles. The van der Waals surface area contributed by atoms with E-state index in [9.17, 15) is 14.4 Å². The number of halogens is 1. The molecule has 0 spiro atoms. The van der Waals surface area contributed by atoms with Gasteiger partial charge in [0.15, 0.2) is 6.04 Å². The largest absolute Gasteiger partial charge is 0.497 e. The van der Waals surface area contributed by atoms with E-state index in [0.29, 0.717) is 22.1 Å². The van der Waals surface area contributed by atoms with Crippen molar-refractivity contribution in [1.82, 2.24) is 0 Å². The first-order valence-electron chi connectivity index (χ1n) is 9.40. The van der Waals surface area contributed by atoms with Gasteiger partial charge in [-0.05, 0) is 55.5 Å². The summed E-state index contributed by atoms with van der Waals surface area (Å²) in [7, 11) is 2.72. The second-order valence-electron chi connectivity index (χ2n) is 6.44. The maximum atomic E-state index is 13.4. The third-order valence-corrected chi connectivity index (χ3v) is 4.86. The van der Waals surface area contributed by atoms with Crippen LogP contribution in [0.2, 0.25) is 5.02 Å². The Morgan fingerprint density at radius 3 is 2.26 bits per heavy atom. The fourth-order valence-electron chi connectivity index (χ4n) is 3.19. The first-order valence-corrected chi connectivity index (χ1v) is 9.78. The Bertz CT molecular complexity index is 1020. The number of esters is 2. The van der Waals surface area contributed by atoms with E-state index in [4.69, 9.17) is 25.8 Å². The summed E-state index contributed by atoms with van der Waals surface area (Å²) in [5.41, 5.74) is 0.674. The summed E-state index contributed by atoms with van der Waals surface area (Å²) >= 11 is 5.96. The topological polar surface area (TPSA) is 94.2 Å². The van der Waals surface area contributed by atoms with E-state index in [-0.39, 0.29) is 17.9 Å². The van der Waals surface area contributed by atoms with Gasteiger partial charge < -0.3 is 19.5 Å². The molecule has 0 aromatic heterocycles. The number of hydrogen-bond acceptors (Lipinski definition) is 7. The average molecular weight is 445 g/mol. The molecule has 0 fully saturated rings. The standard InChI is InChI=1S/C22H21ClN2O6/c1-4-31-22(28)19-17(21(27)30-3)18(24-14-7-11-16(29-2)12-8-14)20(26)25(19)15-9-5-13(23)6-10-15/h5-12,19,24H,4H2,1-3H3. The SMILES string of the molecule is CCOC(=O)C1C(C(=O)OC)=C(Nc2ccc(OC)cc2)C(=O)N1c1ccc(Cl)cc1. The summed E-state index contributed by atoms with van der Waals surface area (Å²) in [5, 5.41) is 3.40. The predicted octanol–water partition coefficient (Wildman–Crippen LogP) is 3.17. The molecule has 1 N–H and O–H groups in total. The molecule has 31 heavy (non-hydrogen) atoms. The lowest BCUT2D eigenvalue weighted by Crippen LogP contribution is -2.43. The van der Waals surface area contributed by atoms with Gasteiger partial charge in [0.2, 0.25) is 0 Å². The minimum Gasteiger partial charge on any atom is -0.497 e. The molecule has 1 atom stereocenters. The number of nitrogens with one attached hydrogen (secondary N) is 1. The predicted molar refractivity (Wildman–Crippen MR) is 115 cm³/mol. The van der Waals surface area contributed by atoms with Crippen LogP contribution in [-0.4, -0.2) is 44.7 Å². The Kier molecular flexibility index (Phi) is 6.81. The van der Waals surface area contributed by atoms with Crippen LogP contribution in [0.25, 0.3) is 0 Å². The molecule has 0 saturated carbocycles. The molecule has 9 heteroatoms. The van der Waals surface area contributed by atoms with Crippen molar-refractivity contribution in [3.05, 3.63) is 64.8 Å². The number of hydrogen-bond donors (Lipinski definition) is 1. The molecule has 1 amide bonds. The first-order chi connectivity index (χ1) is 14.9. The third kappa shape index (κ3) is 4.49. The lowest BCUT2D eigenvalue weighted by molar-refractivity contribution is -0.146. The summed E-state index contributed by atoms with van der Waals surface area (Å²) in [6.07, 6.45) is 0. The molecule has 1 aliphatic rings. The fraction of sp³-hybridized carbons (Fsp3) is 0.227. The zero-order chi connectivity index (χ0) is 22.5. The van der Waals surface area contributed by atoms with Crippen molar-refractivity contribution in [3.63, 3.8) is 0 Å². The summed E-state index contributed by atoms with van der Waals surface area (Å²) in [4.78, 5) is 40.1. The van der Waals surface area contributed by atoms with E-state index < -0.39 is 23.9 Å². The zero-order valence-corrected chi connectivity index (χ0v) is 17.9. The van der Waals surface area contributed by atoms with Crippen LogP contribution in [0.4, 0.5) is 11.4 Å². The maximum Gasteiger partial charge on any atom is 0.338 e. The van der Waals surface area contributed by atoms with Crippen molar-refractivity contribution in [2.75, 3.05) is 31.0 Å². The smallest absolute Gasteiger partial charge is 0.338 e. The van der Waals surface area contributed by atoms with Crippen molar-refractivity contribution in [3.8, 4) is 5.75 Å². The number of rotatable bonds is 7. The molecular weight excluding hydrogens is 424 g/mol. The summed E-state index contributed by atoms with van der Waals surface area (Å²) in [6, 6.07) is 11.8. The number of carbonyl (C=O) groups excluding carboxylic acids is 3. The number of amides is 1. The Labute approximate surface area is 184 Å². The van der Waals surface area contributed by atoms with Crippen molar-refractivity contribution in [2.24, 2.45) is 0 Å². The van der Waals surface area contributed by atoms with Crippen LogP contribution >= 0.6 is 11.6 Å². The molecule has 1 aliphatic heterocycles. The van der Waals surface area contributed by atoms with Crippen LogP contribution in [0.1, 0.15) is 6.92 Å². The molecule has 3 rings (SSSR count). The molecular formula is C22H21ClN2O6. The molecule has 2 aromatic carbocycles. The van der Waals surface area contributed by atoms with Gasteiger partial charge in [-0.1, -0.05) is 11.6 Å². The second kappa shape index (κ2) is 9.53. The van der Waals surface area contributed by atoms with Crippen LogP contribution in [0.5, 0.6) is 5.75 Å². The zero-order valence-electron chi connectivity index (χ0n) is 17.2. The minimum absolute atomic E-state index is 0.0771. The highest BCUT2D eigenvalue weighted by Crippen LogP contribution is 2.34. The Balaban J connectivity index is 2.11. The van der Waals surface area contributed by atoms with Gasteiger partial charge in [-0.2, -0.15) is 0 Å². The molecule has 162 valence electrons. The second-order valence-corrected chi connectivity index (χ2v) is 6.88. The first kappa shape index (κ1) is 22.2. The van der Waals surface area contributed by atoms with Crippen LogP contribution in [0.15, 0.2) is 59.8 Å². The summed E-state index contributed by atoms with van der Waals surface area (Å²) in [6.45, 7) is 1.72. The molecule has 0 saturated heterocycles. The third-order valence-electron chi connectivity index (χ3n) is 4.61. The number of methoxy groups -OCH3 is 2. The van der Waals surface area contributed by atoms with Gasteiger partial charge in [0.25, 0.3) is 5.91 Å². The van der Waals surface area contributed by atoms with Crippen LogP contribution in [0, 0.1) is 0 Å². The van der Waals surface area contributed by atoms with Crippen molar-refractivity contribution in [1.29, 1.82) is 0 Å². The van der Waals surface area contributed by atoms with Gasteiger partial charge in [0.05, 0.1) is 20.8 Å². The van der Waals surface area contributed by atoms with Crippen molar-refractivity contribution in [2.45, 2.75) is 13.0 Å². The quantitative estimate of drug-likeness (QED) is 0.655. The number of nitrogens with zero attached hydrogens (tertiary/aromatic N) is 1. The highest BCUT2D eigenvalue weighted by Gasteiger charge is 2.48. The van der Waals surface area contributed by atoms with Gasteiger partial charge >= 0.3 is 11.9 Å². The maximum absolute atomic E-state index is 13.4. The van der Waals surface area contributed by atoms with Crippen LogP contribution in [0.3, 0.4) is 0 Å². The molecule has 0 bridgehead atoms. The fourth-order valence-corrected chi connectivity index (χ4v) is 3.32. The highest BCUT2D eigenvalue weighted by atomic mass is 35.5. The molecule has 2 aromatic rings. The minimum atomic E-state index is -1.32. The van der Waals surface area contributed by atoms with Gasteiger partial charge in [0, 0.05) is 16.4 Å². The molecule has 1 heterocycles. The van der Waals surface area contributed by atoms with Gasteiger partial charge in [0.1, 0.15) is 17.0 Å². The van der Waals surface area contributed by atoms with Gasteiger partial charge in [-0.25, -0.2) is 9.59 Å². The van der Waals surface area contributed by atoms with Crippen molar-refractivity contribution < 1.29 is 28.6 Å².